The van der Waals surface area contributed by atoms with E-state index < -0.39 is 5.97 Å². The molecular weight excluding hydrogens is 294 g/mol. The zero-order chi connectivity index (χ0) is 13.1. The van der Waals surface area contributed by atoms with Crippen molar-refractivity contribution < 1.29 is 9.90 Å². The molecule has 0 aliphatic heterocycles. The fourth-order valence-electron chi connectivity index (χ4n) is 2.72. The minimum Gasteiger partial charge on any atom is -0.481 e. The van der Waals surface area contributed by atoms with E-state index in [0.717, 1.165) is 23.9 Å². The molecule has 1 aromatic rings. The van der Waals surface area contributed by atoms with E-state index in [9.17, 15) is 4.79 Å². The van der Waals surface area contributed by atoms with Crippen LogP contribution in [0.1, 0.15) is 36.9 Å². The highest BCUT2D eigenvalue weighted by Gasteiger charge is 2.27. The highest BCUT2D eigenvalue weighted by Crippen LogP contribution is 2.36. The van der Waals surface area contributed by atoms with Gasteiger partial charge in [0, 0.05) is 17.1 Å². The van der Waals surface area contributed by atoms with Crippen LogP contribution in [0.25, 0.3) is 0 Å². The lowest BCUT2D eigenvalue weighted by molar-refractivity contribution is -0.137. The third-order valence-corrected chi connectivity index (χ3v) is 4.10. The monoisotopic (exact) mass is 311 g/mol. The van der Waals surface area contributed by atoms with Crippen LogP contribution in [0.5, 0.6) is 0 Å². The maximum absolute atomic E-state index is 10.7. The third-order valence-electron chi connectivity index (χ3n) is 3.61. The topological polar surface area (TPSA) is 40.5 Å². The Morgan fingerprint density at radius 2 is 2.33 bits per heavy atom. The average Bonchev–Trinajstić information content (AvgIpc) is 2.73. The molecule has 1 unspecified atom stereocenters. The van der Waals surface area contributed by atoms with E-state index in [1.807, 2.05) is 0 Å². The molecule has 0 saturated heterocycles. The number of carboxylic acids is 1. The highest BCUT2D eigenvalue weighted by atomic mass is 79.9. The van der Waals surface area contributed by atoms with Crippen molar-refractivity contribution in [2.75, 3.05) is 13.1 Å². The Bertz CT molecular complexity index is 447. The summed E-state index contributed by atoms with van der Waals surface area (Å²) in [6.45, 7) is 3.62. The Hall–Kier alpha value is -0.870. The normalized spacial score (nSPS) is 18.1. The Kier molecular flexibility index (Phi) is 4.40. The number of fused-ring (bicyclic) bond motifs is 1. The summed E-state index contributed by atoms with van der Waals surface area (Å²) >= 11 is 3.50. The molecule has 0 spiro atoms. The molecule has 0 fully saturated rings. The highest BCUT2D eigenvalue weighted by molar-refractivity contribution is 9.10. The van der Waals surface area contributed by atoms with Crippen molar-refractivity contribution in [2.45, 2.75) is 32.2 Å². The fraction of sp³-hybridized carbons (Fsp3) is 0.500. The number of rotatable bonds is 5. The Morgan fingerprint density at radius 3 is 3.00 bits per heavy atom. The predicted molar refractivity (Wildman–Crippen MR) is 74.7 cm³/mol. The Morgan fingerprint density at radius 1 is 1.56 bits per heavy atom. The quantitative estimate of drug-likeness (QED) is 0.907. The van der Waals surface area contributed by atoms with Gasteiger partial charge in [0.25, 0.3) is 0 Å². The van der Waals surface area contributed by atoms with Gasteiger partial charge in [-0.05, 0) is 42.6 Å². The van der Waals surface area contributed by atoms with Crippen molar-refractivity contribution in [2.24, 2.45) is 0 Å². The first-order valence-corrected chi connectivity index (χ1v) is 7.15. The molecule has 0 heterocycles. The number of benzene rings is 1. The fourth-order valence-corrected chi connectivity index (χ4v) is 3.12. The number of nitrogens with zero attached hydrogens (tertiary/aromatic N) is 1. The lowest BCUT2D eigenvalue weighted by atomic mass is 10.1. The minimum atomic E-state index is -0.720. The largest absolute Gasteiger partial charge is 0.481 e. The van der Waals surface area contributed by atoms with Gasteiger partial charge in [0.2, 0.25) is 0 Å². The molecule has 0 aromatic heterocycles. The second-order valence-corrected chi connectivity index (χ2v) is 5.59. The second kappa shape index (κ2) is 5.85. The van der Waals surface area contributed by atoms with Crippen LogP contribution < -0.4 is 0 Å². The summed E-state index contributed by atoms with van der Waals surface area (Å²) < 4.78 is 1.12. The van der Waals surface area contributed by atoms with Crippen LogP contribution >= 0.6 is 15.9 Å². The van der Waals surface area contributed by atoms with Crippen molar-refractivity contribution in [3.05, 3.63) is 33.8 Å². The number of carboxylic acid groups (broad SMARTS) is 1. The van der Waals surface area contributed by atoms with Crippen LogP contribution in [0, 0.1) is 0 Å². The van der Waals surface area contributed by atoms with Crippen LogP contribution in [0.4, 0.5) is 0 Å². The predicted octanol–water partition coefficient (Wildman–Crippen LogP) is 3.23. The van der Waals surface area contributed by atoms with Crippen LogP contribution in [0.2, 0.25) is 0 Å². The number of hydrogen-bond acceptors (Lipinski definition) is 2. The van der Waals surface area contributed by atoms with Crippen molar-refractivity contribution in [1.29, 1.82) is 0 Å². The van der Waals surface area contributed by atoms with E-state index >= 15 is 0 Å². The molecular formula is C14H18BrNO2. The van der Waals surface area contributed by atoms with Crippen LogP contribution in [-0.4, -0.2) is 29.1 Å². The molecule has 18 heavy (non-hydrogen) atoms. The molecule has 1 N–H and O–H groups in total. The van der Waals surface area contributed by atoms with Gasteiger partial charge in [-0.3, -0.25) is 9.69 Å². The summed E-state index contributed by atoms with van der Waals surface area (Å²) in [7, 11) is 0. The van der Waals surface area contributed by atoms with Gasteiger partial charge in [-0.2, -0.15) is 0 Å². The van der Waals surface area contributed by atoms with Gasteiger partial charge < -0.3 is 5.11 Å². The van der Waals surface area contributed by atoms with Gasteiger partial charge in [0.15, 0.2) is 0 Å². The standard InChI is InChI=1S/C14H18BrNO2/c1-2-16(8-7-14(17)18)13-6-3-10-9-11(15)4-5-12(10)13/h4-5,9,13H,2-3,6-8H2,1H3,(H,17,18). The Balaban J connectivity index is 2.13. The molecule has 2 rings (SSSR count). The van der Waals surface area contributed by atoms with Crippen LogP contribution in [-0.2, 0) is 11.2 Å². The van der Waals surface area contributed by atoms with Crippen LogP contribution in [0.15, 0.2) is 22.7 Å². The van der Waals surface area contributed by atoms with Gasteiger partial charge in [-0.25, -0.2) is 0 Å². The molecule has 0 saturated carbocycles. The summed E-state index contributed by atoms with van der Waals surface area (Å²) in [6.07, 6.45) is 2.40. The summed E-state index contributed by atoms with van der Waals surface area (Å²) in [5.41, 5.74) is 2.76. The first-order valence-electron chi connectivity index (χ1n) is 6.36. The molecule has 0 radical (unpaired) electrons. The van der Waals surface area contributed by atoms with E-state index in [1.54, 1.807) is 0 Å². The number of aliphatic carboxylic acids is 1. The van der Waals surface area contributed by atoms with E-state index in [1.165, 1.54) is 11.1 Å². The molecule has 1 aliphatic rings. The van der Waals surface area contributed by atoms with E-state index in [4.69, 9.17) is 5.11 Å². The average molecular weight is 312 g/mol. The van der Waals surface area contributed by atoms with E-state index in [0.29, 0.717) is 12.6 Å². The smallest absolute Gasteiger partial charge is 0.304 e. The zero-order valence-electron chi connectivity index (χ0n) is 10.5. The molecule has 1 aromatic carbocycles. The lowest BCUT2D eigenvalue weighted by Crippen LogP contribution is -2.29. The minimum absolute atomic E-state index is 0.218. The number of carbonyl (C=O) groups is 1. The third kappa shape index (κ3) is 2.93. The summed E-state index contributed by atoms with van der Waals surface area (Å²) in [6, 6.07) is 6.81. The molecule has 1 aliphatic carbocycles. The van der Waals surface area contributed by atoms with E-state index in [-0.39, 0.29) is 6.42 Å². The molecule has 0 bridgehead atoms. The summed E-state index contributed by atoms with van der Waals surface area (Å²) in [5, 5.41) is 8.80. The van der Waals surface area contributed by atoms with Crippen molar-refractivity contribution in [3.8, 4) is 0 Å². The molecule has 1 atom stereocenters. The van der Waals surface area contributed by atoms with Gasteiger partial charge in [0.05, 0.1) is 6.42 Å². The summed E-state index contributed by atoms with van der Waals surface area (Å²) in [4.78, 5) is 13.0. The van der Waals surface area contributed by atoms with Gasteiger partial charge in [0.1, 0.15) is 0 Å². The summed E-state index contributed by atoms with van der Waals surface area (Å²) in [5.74, 6) is -0.720. The molecule has 98 valence electrons. The Labute approximate surface area is 116 Å². The van der Waals surface area contributed by atoms with Crippen molar-refractivity contribution in [3.63, 3.8) is 0 Å². The van der Waals surface area contributed by atoms with Crippen molar-refractivity contribution >= 4 is 21.9 Å². The molecule has 0 amide bonds. The first-order chi connectivity index (χ1) is 8.61. The van der Waals surface area contributed by atoms with Crippen LogP contribution in [0.3, 0.4) is 0 Å². The molecule has 4 heteroatoms. The zero-order valence-corrected chi connectivity index (χ0v) is 12.1. The maximum atomic E-state index is 10.7. The first kappa shape index (κ1) is 13.6. The lowest BCUT2D eigenvalue weighted by Gasteiger charge is -2.27. The SMILES string of the molecule is CCN(CCC(=O)O)C1CCc2cc(Br)ccc21. The number of aryl methyl sites for hydroxylation is 1. The second-order valence-electron chi connectivity index (χ2n) is 4.67. The van der Waals surface area contributed by atoms with E-state index in [2.05, 4.69) is 46.0 Å². The van der Waals surface area contributed by atoms with Crippen molar-refractivity contribution in [1.82, 2.24) is 4.90 Å². The number of halogens is 1. The van der Waals surface area contributed by atoms with Gasteiger partial charge in [-0.15, -0.1) is 0 Å². The van der Waals surface area contributed by atoms with Gasteiger partial charge in [-0.1, -0.05) is 28.9 Å². The molecule has 3 nitrogen and oxygen atoms in total. The number of hydrogen-bond donors (Lipinski definition) is 1. The maximum Gasteiger partial charge on any atom is 0.304 e. The van der Waals surface area contributed by atoms with Gasteiger partial charge >= 0.3 is 5.97 Å².